The lowest BCUT2D eigenvalue weighted by atomic mass is 10.1. The van der Waals surface area contributed by atoms with Crippen molar-refractivity contribution in [3.63, 3.8) is 0 Å². The van der Waals surface area contributed by atoms with Crippen LogP contribution in [0.1, 0.15) is 33.1 Å². The van der Waals surface area contributed by atoms with Crippen LogP contribution in [0.2, 0.25) is 0 Å². The van der Waals surface area contributed by atoms with E-state index in [4.69, 9.17) is 10.5 Å². The number of ether oxygens (including phenoxy) is 1. The van der Waals surface area contributed by atoms with Crippen LogP contribution < -0.4 is 5.73 Å². The molecule has 0 spiro atoms. The van der Waals surface area contributed by atoms with Gasteiger partial charge < -0.3 is 10.5 Å². The molecule has 1 saturated heterocycles. The molecule has 13 heavy (non-hydrogen) atoms. The van der Waals surface area contributed by atoms with Crippen molar-refractivity contribution in [3.8, 4) is 0 Å². The molecule has 0 aromatic heterocycles. The van der Waals surface area contributed by atoms with E-state index in [1.54, 1.807) is 0 Å². The van der Waals surface area contributed by atoms with Crippen LogP contribution in [0, 0.1) is 0 Å². The fraction of sp³-hybridized carbons (Fsp3) is 1.00. The Hall–Kier alpha value is 0.270. The van der Waals surface area contributed by atoms with Crippen LogP contribution in [0.15, 0.2) is 0 Å². The second-order valence-corrected chi connectivity index (χ2v) is 5.52. The summed E-state index contributed by atoms with van der Waals surface area (Å²) in [7, 11) is 0. The van der Waals surface area contributed by atoms with Crippen LogP contribution in [0.5, 0.6) is 0 Å². The fourth-order valence-corrected chi connectivity index (χ4v) is 2.56. The van der Waals surface area contributed by atoms with E-state index in [1.807, 2.05) is 11.8 Å². The zero-order chi connectivity index (χ0) is 9.73. The minimum atomic E-state index is -0.0423. The lowest BCUT2D eigenvalue weighted by Gasteiger charge is -2.24. The predicted octanol–water partition coefficient (Wildman–Crippen LogP) is 2.03. The maximum Gasteiger partial charge on any atom is 0.0665 e. The van der Waals surface area contributed by atoms with Gasteiger partial charge in [-0.3, -0.25) is 0 Å². The molecule has 78 valence electrons. The van der Waals surface area contributed by atoms with E-state index in [2.05, 4.69) is 13.8 Å². The minimum absolute atomic E-state index is 0.0423. The summed E-state index contributed by atoms with van der Waals surface area (Å²) in [5, 5.41) is 0. The van der Waals surface area contributed by atoms with E-state index < -0.39 is 0 Å². The van der Waals surface area contributed by atoms with E-state index in [9.17, 15) is 0 Å². The molecule has 0 amide bonds. The van der Waals surface area contributed by atoms with E-state index in [-0.39, 0.29) is 5.54 Å². The topological polar surface area (TPSA) is 35.2 Å². The first kappa shape index (κ1) is 11.3. The molecule has 0 bridgehead atoms. The van der Waals surface area contributed by atoms with Gasteiger partial charge in [0, 0.05) is 23.7 Å². The van der Waals surface area contributed by atoms with Crippen molar-refractivity contribution in [2.75, 3.05) is 18.1 Å². The molecule has 2 N–H and O–H groups in total. The Kier molecular flexibility index (Phi) is 4.56. The highest BCUT2D eigenvalue weighted by molar-refractivity contribution is 7.99. The first-order chi connectivity index (χ1) is 6.08. The molecule has 1 rings (SSSR count). The maximum absolute atomic E-state index is 5.89. The van der Waals surface area contributed by atoms with E-state index in [0.717, 1.165) is 18.1 Å². The van der Waals surface area contributed by atoms with Crippen LogP contribution in [0.25, 0.3) is 0 Å². The minimum Gasteiger partial charge on any atom is -0.377 e. The van der Waals surface area contributed by atoms with Gasteiger partial charge in [-0.25, -0.2) is 0 Å². The largest absolute Gasteiger partial charge is 0.377 e. The standard InChI is InChI=1S/C10H21NOS/c1-10(2,11)8-13-7-9-5-3-4-6-12-9/h9H,3-8,11H2,1-2H3. The van der Waals surface area contributed by atoms with E-state index >= 15 is 0 Å². The van der Waals surface area contributed by atoms with Gasteiger partial charge in [0.05, 0.1) is 6.10 Å². The maximum atomic E-state index is 5.89. The van der Waals surface area contributed by atoms with Gasteiger partial charge >= 0.3 is 0 Å². The van der Waals surface area contributed by atoms with E-state index in [1.165, 1.54) is 19.3 Å². The van der Waals surface area contributed by atoms with Crippen LogP contribution in [0.3, 0.4) is 0 Å². The summed E-state index contributed by atoms with van der Waals surface area (Å²) >= 11 is 1.92. The lowest BCUT2D eigenvalue weighted by molar-refractivity contribution is 0.0315. The first-order valence-corrected chi connectivity index (χ1v) is 6.22. The zero-order valence-corrected chi connectivity index (χ0v) is 9.53. The molecule has 0 aromatic carbocycles. The highest BCUT2D eigenvalue weighted by Crippen LogP contribution is 2.19. The van der Waals surface area contributed by atoms with Gasteiger partial charge in [0.25, 0.3) is 0 Å². The molecule has 3 heteroatoms. The highest BCUT2D eigenvalue weighted by atomic mass is 32.2. The third kappa shape index (κ3) is 5.55. The molecule has 1 atom stereocenters. The van der Waals surface area contributed by atoms with E-state index in [0.29, 0.717) is 6.10 Å². The molecular weight excluding hydrogens is 182 g/mol. The molecule has 0 aliphatic carbocycles. The number of rotatable bonds is 4. The molecule has 1 aliphatic heterocycles. The second-order valence-electron chi connectivity index (χ2n) is 4.49. The number of thioether (sulfide) groups is 1. The van der Waals surface area contributed by atoms with Crippen molar-refractivity contribution >= 4 is 11.8 Å². The SMILES string of the molecule is CC(C)(N)CSCC1CCCCO1. The van der Waals surface area contributed by atoms with Crippen LogP contribution in [-0.4, -0.2) is 29.8 Å². The zero-order valence-electron chi connectivity index (χ0n) is 8.71. The average molecular weight is 203 g/mol. The van der Waals surface area contributed by atoms with Crippen molar-refractivity contribution < 1.29 is 4.74 Å². The van der Waals surface area contributed by atoms with Gasteiger partial charge in [-0.2, -0.15) is 11.8 Å². The van der Waals surface area contributed by atoms with Crippen molar-refractivity contribution in [1.29, 1.82) is 0 Å². The molecule has 0 aromatic rings. The Morgan fingerprint density at radius 3 is 2.77 bits per heavy atom. The Labute approximate surface area is 85.6 Å². The summed E-state index contributed by atoms with van der Waals surface area (Å²) in [5.74, 6) is 2.13. The normalized spacial score (nSPS) is 24.7. The predicted molar refractivity (Wildman–Crippen MR) is 59.2 cm³/mol. The van der Waals surface area contributed by atoms with Crippen LogP contribution in [-0.2, 0) is 4.74 Å². The molecule has 2 nitrogen and oxygen atoms in total. The smallest absolute Gasteiger partial charge is 0.0665 e. The fourth-order valence-electron chi connectivity index (χ4n) is 1.39. The lowest BCUT2D eigenvalue weighted by Crippen LogP contribution is -2.35. The Balaban J connectivity index is 2.04. The molecule has 0 saturated carbocycles. The molecule has 1 fully saturated rings. The first-order valence-electron chi connectivity index (χ1n) is 5.06. The van der Waals surface area contributed by atoms with Crippen molar-refractivity contribution in [2.24, 2.45) is 5.73 Å². The summed E-state index contributed by atoms with van der Waals surface area (Å²) in [4.78, 5) is 0. The molecule has 1 unspecified atom stereocenters. The molecule has 1 aliphatic rings. The Morgan fingerprint density at radius 1 is 1.46 bits per heavy atom. The summed E-state index contributed by atoms with van der Waals surface area (Å²) in [6.45, 7) is 5.10. The Morgan fingerprint density at radius 2 is 2.23 bits per heavy atom. The molecule has 0 radical (unpaired) electrons. The van der Waals surface area contributed by atoms with Gasteiger partial charge in [-0.15, -0.1) is 0 Å². The van der Waals surface area contributed by atoms with Crippen molar-refractivity contribution in [1.82, 2.24) is 0 Å². The monoisotopic (exact) mass is 203 g/mol. The van der Waals surface area contributed by atoms with Gasteiger partial charge in [-0.05, 0) is 33.1 Å². The number of hydrogen-bond acceptors (Lipinski definition) is 3. The summed E-state index contributed by atoms with van der Waals surface area (Å²) < 4.78 is 5.63. The van der Waals surface area contributed by atoms with Crippen LogP contribution in [0.4, 0.5) is 0 Å². The Bertz CT molecular complexity index is 138. The van der Waals surface area contributed by atoms with Crippen molar-refractivity contribution in [2.45, 2.75) is 44.8 Å². The number of hydrogen-bond donors (Lipinski definition) is 1. The van der Waals surface area contributed by atoms with Gasteiger partial charge in [0.15, 0.2) is 0 Å². The number of nitrogens with two attached hydrogens (primary N) is 1. The average Bonchev–Trinajstić information content (AvgIpc) is 2.04. The summed E-state index contributed by atoms with van der Waals surface area (Å²) in [6.07, 6.45) is 4.29. The van der Waals surface area contributed by atoms with Crippen molar-refractivity contribution in [3.05, 3.63) is 0 Å². The summed E-state index contributed by atoms with van der Waals surface area (Å²) in [5.41, 5.74) is 5.85. The second kappa shape index (κ2) is 5.23. The third-order valence-corrected chi connectivity index (χ3v) is 3.61. The van der Waals surface area contributed by atoms with Gasteiger partial charge in [0.2, 0.25) is 0 Å². The molecular formula is C10H21NOS. The highest BCUT2D eigenvalue weighted by Gasteiger charge is 2.16. The van der Waals surface area contributed by atoms with Gasteiger partial charge in [-0.1, -0.05) is 0 Å². The third-order valence-electron chi connectivity index (χ3n) is 2.05. The quantitative estimate of drug-likeness (QED) is 0.759. The molecule has 1 heterocycles. The summed E-state index contributed by atoms with van der Waals surface area (Å²) in [6, 6.07) is 0. The van der Waals surface area contributed by atoms with Crippen LogP contribution >= 0.6 is 11.8 Å². The van der Waals surface area contributed by atoms with Gasteiger partial charge in [0.1, 0.15) is 0 Å².